The molecule has 1 saturated heterocycles. The molecule has 3 rings (SSSR count). The van der Waals surface area contributed by atoms with Gasteiger partial charge in [-0.1, -0.05) is 58.4 Å². The number of halogens is 1. The number of amides is 1. The van der Waals surface area contributed by atoms with Gasteiger partial charge in [0.2, 0.25) is 5.91 Å². The lowest BCUT2D eigenvalue weighted by Gasteiger charge is -2.34. The van der Waals surface area contributed by atoms with E-state index < -0.39 is 0 Å². The summed E-state index contributed by atoms with van der Waals surface area (Å²) in [7, 11) is 1.92. The van der Waals surface area contributed by atoms with Crippen LogP contribution in [0.5, 0.6) is 0 Å². The van der Waals surface area contributed by atoms with E-state index >= 15 is 0 Å². The number of hydrogen-bond acceptors (Lipinski definition) is 2. The molecule has 132 valence electrons. The summed E-state index contributed by atoms with van der Waals surface area (Å²) in [6, 6.07) is 18.6. The highest BCUT2D eigenvalue weighted by molar-refractivity contribution is 9.10. The molecular formula is C21H25BrN2O. The van der Waals surface area contributed by atoms with E-state index in [9.17, 15) is 4.79 Å². The molecule has 0 aromatic heterocycles. The first-order valence-electron chi connectivity index (χ1n) is 8.87. The SMILES string of the molecule is CN(Cc1ccccc1)C(=O)[C@@H]1CCCN(Cc2cccc(Br)c2)C1. The highest BCUT2D eigenvalue weighted by Crippen LogP contribution is 2.22. The molecule has 0 aliphatic carbocycles. The zero-order valence-electron chi connectivity index (χ0n) is 14.7. The molecule has 1 aliphatic heterocycles. The van der Waals surface area contributed by atoms with Gasteiger partial charge in [-0.25, -0.2) is 0 Å². The standard InChI is InChI=1S/C21H25BrN2O/c1-23(14-17-7-3-2-4-8-17)21(25)19-10-6-12-24(16-19)15-18-9-5-11-20(22)13-18/h2-5,7-9,11,13,19H,6,10,12,14-16H2,1H3/t19-/m1/s1. The topological polar surface area (TPSA) is 23.6 Å². The summed E-state index contributed by atoms with van der Waals surface area (Å²) in [5.74, 6) is 0.373. The van der Waals surface area contributed by atoms with E-state index in [-0.39, 0.29) is 11.8 Å². The third-order valence-corrected chi connectivity index (χ3v) is 5.28. The quantitative estimate of drug-likeness (QED) is 0.745. The lowest BCUT2D eigenvalue weighted by Crippen LogP contribution is -2.43. The van der Waals surface area contributed by atoms with Crippen molar-refractivity contribution in [3.63, 3.8) is 0 Å². The fourth-order valence-electron chi connectivity index (χ4n) is 3.54. The molecule has 0 saturated carbocycles. The molecule has 3 nitrogen and oxygen atoms in total. The van der Waals surface area contributed by atoms with Gasteiger partial charge in [0.25, 0.3) is 0 Å². The number of hydrogen-bond donors (Lipinski definition) is 0. The Morgan fingerprint density at radius 3 is 2.68 bits per heavy atom. The van der Waals surface area contributed by atoms with E-state index in [0.29, 0.717) is 6.54 Å². The molecule has 1 fully saturated rings. The highest BCUT2D eigenvalue weighted by atomic mass is 79.9. The molecule has 25 heavy (non-hydrogen) atoms. The number of likely N-dealkylation sites (tertiary alicyclic amines) is 1. The maximum atomic E-state index is 12.8. The minimum absolute atomic E-state index is 0.106. The summed E-state index contributed by atoms with van der Waals surface area (Å²) < 4.78 is 1.11. The average molecular weight is 401 g/mol. The van der Waals surface area contributed by atoms with Crippen LogP contribution < -0.4 is 0 Å². The van der Waals surface area contributed by atoms with Gasteiger partial charge in [-0.15, -0.1) is 0 Å². The van der Waals surface area contributed by atoms with Crippen LogP contribution in [0.4, 0.5) is 0 Å². The lowest BCUT2D eigenvalue weighted by atomic mass is 9.96. The van der Waals surface area contributed by atoms with E-state index in [1.54, 1.807) is 0 Å². The van der Waals surface area contributed by atoms with Crippen LogP contribution in [0.1, 0.15) is 24.0 Å². The average Bonchev–Trinajstić information content (AvgIpc) is 2.62. The molecule has 1 aliphatic rings. The van der Waals surface area contributed by atoms with Crippen molar-refractivity contribution in [1.29, 1.82) is 0 Å². The predicted octanol–water partition coefficient (Wildman–Crippen LogP) is 4.32. The summed E-state index contributed by atoms with van der Waals surface area (Å²) in [5.41, 5.74) is 2.47. The Balaban J connectivity index is 1.57. The van der Waals surface area contributed by atoms with Crippen molar-refractivity contribution in [1.82, 2.24) is 9.80 Å². The Bertz CT molecular complexity index is 704. The molecule has 1 atom stereocenters. The van der Waals surface area contributed by atoms with Crippen molar-refractivity contribution in [2.45, 2.75) is 25.9 Å². The van der Waals surface area contributed by atoms with Crippen LogP contribution >= 0.6 is 15.9 Å². The fraction of sp³-hybridized carbons (Fsp3) is 0.381. The number of piperidine rings is 1. The first-order chi connectivity index (χ1) is 12.1. The van der Waals surface area contributed by atoms with Gasteiger partial charge in [-0.2, -0.15) is 0 Å². The zero-order valence-corrected chi connectivity index (χ0v) is 16.3. The van der Waals surface area contributed by atoms with Crippen LogP contribution in [0.15, 0.2) is 59.1 Å². The maximum Gasteiger partial charge on any atom is 0.227 e. The van der Waals surface area contributed by atoms with Gasteiger partial charge in [-0.05, 0) is 42.6 Å². The van der Waals surface area contributed by atoms with Gasteiger partial charge in [0.15, 0.2) is 0 Å². The molecule has 2 aromatic rings. The van der Waals surface area contributed by atoms with Gasteiger partial charge in [0.1, 0.15) is 0 Å². The van der Waals surface area contributed by atoms with Crippen LogP contribution in [-0.2, 0) is 17.9 Å². The van der Waals surface area contributed by atoms with E-state index in [1.807, 2.05) is 36.2 Å². The molecule has 1 heterocycles. The number of benzene rings is 2. The largest absolute Gasteiger partial charge is 0.341 e. The van der Waals surface area contributed by atoms with Crippen molar-refractivity contribution >= 4 is 21.8 Å². The zero-order chi connectivity index (χ0) is 17.6. The third kappa shape index (κ3) is 5.16. The number of nitrogens with zero attached hydrogens (tertiary/aromatic N) is 2. The van der Waals surface area contributed by atoms with Crippen LogP contribution in [0.25, 0.3) is 0 Å². The Hall–Kier alpha value is -1.65. The Morgan fingerprint density at radius 2 is 1.92 bits per heavy atom. The summed E-state index contributed by atoms with van der Waals surface area (Å²) in [6.45, 7) is 3.51. The van der Waals surface area contributed by atoms with Gasteiger partial charge >= 0.3 is 0 Å². The lowest BCUT2D eigenvalue weighted by molar-refractivity contribution is -0.136. The second kappa shape index (κ2) is 8.63. The van der Waals surface area contributed by atoms with Gasteiger partial charge in [-0.3, -0.25) is 9.69 Å². The summed E-state index contributed by atoms with van der Waals surface area (Å²) >= 11 is 3.53. The van der Waals surface area contributed by atoms with E-state index in [2.05, 4.69) is 51.2 Å². The van der Waals surface area contributed by atoms with Gasteiger partial charge < -0.3 is 4.90 Å². The molecule has 0 spiro atoms. The normalized spacial score (nSPS) is 18.1. The van der Waals surface area contributed by atoms with Crippen molar-refractivity contribution < 1.29 is 4.79 Å². The predicted molar refractivity (Wildman–Crippen MR) is 105 cm³/mol. The number of carbonyl (C=O) groups is 1. The van der Waals surface area contributed by atoms with Crippen LogP contribution in [0.3, 0.4) is 0 Å². The van der Waals surface area contributed by atoms with Crippen molar-refractivity contribution in [2.24, 2.45) is 5.92 Å². The first-order valence-corrected chi connectivity index (χ1v) is 9.67. The molecule has 1 amide bonds. The Labute approximate surface area is 158 Å². The fourth-order valence-corrected chi connectivity index (χ4v) is 3.99. The smallest absolute Gasteiger partial charge is 0.227 e. The highest BCUT2D eigenvalue weighted by Gasteiger charge is 2.28. The van der Waals surface area contributed by atoms with E-state index in [1.165, 1.54) is 11.1 Å². The van der Waals surface area contributed by atoms with Gasteiger partial charge in [0.05, 0.1) is 5.92 Å². The summed E-state index contributed by atoms with van der Waals surface area (Å²) in [5, 5.41) is 0. The molecule has 0 radical (unpaired) electrons. The Morgan fingerprint density at radius 1 is 1.16 bits per heavy atom. The van der Waals surface area contributed by atoms with Crippen LogP contribution in [0, 0.1) is 5.92 Å². The maximum absolute atomic E-state index is 12.8. The third-order valence-electron chi connectivity index (χ3n) is 4.79. The number of rotatable bonds is 5. The van der Waals surface area contributed by atoms with E-state index in [0.717, 1.165) is 36.9 Å². The van der Waals surface area contributed by atoms with Gasteiger partial charge in [0, 0.05) is 31.2 Å². The van der Waals surface area contributed by atoms with Crippen molar-refractivity contribution in [2.75, 3.05) is 20.1 Å². The summed E-state index contributed by atoms with van der Waals surface area (Å²) in [4.78, 5) is 17.1. The molecular weight excluding hydrogens is 376 g/mol. The summed E-state index contributed by atoms with van der Waals surface area (Å²) in [6.07, 6.45) is 2.08. The minimum atomic E-state index is 0.106. The Kier molecular flexibility index (Phi) is 6.27. The molecule has 4 heteroatoms. The number of carbonyl (C=O) groups excluding carboxylic acids is 1. The monoisotopic (exact) mass is 400 g/mol. The van der Waals surface area contributed by atoms with Crippen LogP contribution in [0.2, 0.25) is 0 Å². The first kappa shape index (κ1) is 18.2. The minimum Gasteiger partial charge on any atom is -0.341 e. The second-order valence-corrected chi connectivity index (χ2v) is 7.80. The second-order valence-electron chi connectivity index (χ2n) is 6.88. The molecule has 0 N–H and O–H groups in total. The van der Waals surface area contributed by atoms with Crippen LogP contribution in [-0.4, -0.2) is 35.8 Å². The molecule has 0 bridgehead atoms. The van der Waals surface area contributed by atoms with Crippen molar-refractivity contribution in [3.8, 4) is 0 Å². The van der Waals surface area contributed by atoms with E-state index in [4.69, 9.17) is 0 Å². The molecule has 2 aromatic carbocycles. The molecule has 0 unspecified atom stereocenters. The van der Waals surface area contributed by atoms with Crippen molar-refractivity contribution in [3.05, 3.63) is 70.2 Å².